The smallest absolute Gasteiger partial charge is 0.157 e. The van der Waals surface area contributed by atoms with E-state index in [2.05, 4.69) is 0 Å². The number of thiocarbonyl (C=S) groups is 1. The molecule has 0 fully saturated rings. The second-order valence-electron chi connectivity index (χ2n) is 2.48. The lowest BCUT2D eigenvalue weighted by atomic mass is 10.2. The molecule has 0 bridgehead atoms. The minimum atomic E-state index is -0.372. The molecule has 1 rings (SSSR count). The molecule has 0 heterocycles. The van der Waals surface area contributed by atoms with Gasteiger partial charge in [0.2, 0.25) is 0 Å². The maximum atomic E-state index is 13.1. The summed E-state index contributed by atoms with van der Waals surface area (Å²) in [6.07, 6.45) is 0. The van der Waals surface area contributed by atoms with Gasteiger partial charge in [0.05, 0.1) is 5.02 Å². The minimum Gasteiger partial charge on any atom is -0.483 e. The van der Waals surface area contributed by atoms with Gasteiger partial charge in [-0.1, -0.05) is 17.7 Å². The van der Waals surface area contributed by atoms with Crippen LogP contribution in [-0.2, 0) is 11.3 Å². The highest BCUT2D eigenvalue weighted by Crippen LogP contribution is 2.19. The summed E-state index contributed by atoms with van der Waals surface area (Å²) in [6.45, 7) is 1.71. The van der Waals surface area contributed by atoms with Crippen LogP contribution in [0.3, 0.4) is 0 Å². The molecule has 0 aliphatic carbocycles. The van der Waals surface area contributed by atoms with Crippen LogP contribution in [-0.4, -0.2) is 5.05 Å². The van der Waals surface area contributed by atoms with E-state index < -0.39 is 0 Å². The first-order valence-corrected chi connectivity index (χ1v) is 4.46. The quantitative estimate of drug-likeness (QED) is 0.705. The summed E-state index contributed by atoms with van der Waals surface area (Å²) in [5.41, 5.74) is 0.341. The van der Waals surface area contributed by atoms with Gasteiger partial charge in [0.1, 0.15) is 12.4 Å². The number of halogens is 2. The SMILES string of the molecule is CC(=S)OCc1c(F)cccc1Cl. The summed E-state index contributed by atoms with van der Waals surface area (Å²) in [6, 6.07) is 4.50. The zero-order valence-corrected chi connectivity index (χ0v) is 8.58. The predicted molar refractivity (Wildman–Crippen MR) is 54.5 cm³/mol. The second kappa shape index (κ2) is 4.53. The molecule has 1 nitrogen and oxygen atoms in total. The van der Waals surface area contributed by atoms with Gasteiger partial charge in [0.15, 0.2) is 5.05 Å². The van der Waals surface area contributed by atoms with Crippen molar-refractivity contribution in [1.82, 2.24) is 0 Å². The second-order valence-corrected chi connectivity index (χ2v) is 3.46. The summed E-state index contributed by atoms with van der Waals surface area (Å²) in [5.74, 6) is -0.372. The van der Waals surface area contributed by atoms with E-state index in [0.717, 1.165) is 0 Å². The first-order chi connectivity index (χ1) is 6.11. The van der Waals surface area contributed by atoms with E-state index in [1.54, 1.807) is 19.1 Å². The Morgan fingerprint density at radius 3 is 2.85 bits per heavy atom. The maximum Gasteiger partial charge on any atom is 0.157 e. The number of hydrogen-bond donors (Lipinski definition) is 0. The van der Waals surface area contributed by atoms with E-state index in [1.165, 1.54) is 6.07 Å². The minimum absolute atomic E-state index is 0.0842. The van der Waals surface area contributed by atoms with Crippen LogP contribution in [0, 0.1) is 5.82 Å². The Balaban J connectivity index is 2.81. The fraction of sp³-hybridized carbons (Fsp3) is 0.222. The Kier molecular flexibility index (Phi) is 3.63. The van der Waals surface area contributed by atoms with Gasteiger partial charge in [-0.05, 0) is 24.4 Å². The molecule has 0 saturated carbocycles. The molecule has 70 valence electrons. The average molecular weight is 219 g/mol. The van der Waals surface area contributed by atoms with Crippen LogP contribution < -0.4 is 0 Å². The van der Waals surface area contributed by atoms with Gasteiger partial charge in [-0.3, -0.25) is 0 Å². The fourth-order valence-electron chi connectivity index (χ4n) is 0.844. The van der Waals surface area contributed by atoms with Gasteiger partial charge in [-0.2, -0.15) is 0 Å². The van der Waals surface area contributed by atoms with Crippen molar-refractivity contribution in [3.63, 3.8) is 0 Å². The molecule has 0 spiro atoms. The van der Waals surface area contributed by atoms with Gasteiger partial charge in [0, 0.05) is 12.5 Å². The van der Waals surface area contributed by atoms with Crippen molar-refractivity contribution in [3.8, 4) is 0 Å². The highest BCUT2D eigenvalue weighted by atomic mass is 35.5. The van der Waals surface area contributed by atoms with E-state index in [9.17, 15) is 4.39 Å². The van der Waals surface area contributed by atoms with E-state index in [4.69, 9.17) is 28.6 Å². The average Bonchev–Trinajstić information content (AvgIpc) is 2.03. The van der Waals surface area contributed by atoms with Crippen LogP contribution in [0.5, 0.6) is 0 Å². The van der Waals surface area contributed by atoms with Crippen LogP contribution in [0.25, 0.3) is 0 Å². The predicted octanol–water partition coefficient (Wildman–Crippen LogP) is 3.34. The number of ether oxygens (including phenoxy) is 1. The van der Waals surface area contributed by atoms with Crippen molar-refractivity contribution in [1.29, 1.82) is 0 Å². The summed E-state index contributed by atoms with van der Waals surface area (Å²) >= 11 is 10.4. The molecule has 0 amide bonds. The van der Waals surface area contributed by atoms with Gasteiger partial charge < -0.3 is 4.74 Å². The molecule has 1 aromatic carbocycles. The Hall–Kier alpha value is -0.670. The van der Waals surface area contributed by atoms with Crippen LogP contribution >= 0.6 is 23.8 Å². The summed E-state index contributed by atoms with van der Waals surface area (Å²) < 4.78 is 18.1. The van der Waals surface area contributed by atoms with Crippen LogP contribution in [0.1, 0.15) is 12.5 Å². The standard InChI is InChI=1S/C9H8ClFOS/c1-6(13)12-5-7-8(10)3-2-4-9(7)11/h2-4H,5H2,1H3. The molecule has 0 radical (unpaired) electrons. The number of rotatable bonds is 2. The van der Waals surface area contributed by atoms with E-state index in [-0.39, 0.29) is 12.4 Å². The molecular formula is C9H8ClFOS. The van der Waals surface area contributed by atoms with Crippen molar-refractivity contribution in [2.24, 2.45) is 0 Å². The molecule has 1 aromatic rings. The van der Waals surface area contributed by atoms with Crippen molar-refractivity contribution in [3.05, 3.63) is 34.6 Å². The molecular weight excluding hydrogens is 211 g/mol. The van der Waals surface area contributed by atoms with Crippen molar-refractivity contribution < 1.29 is 9.13 Å². The Morgan fingerprint density at radius 2 is 2.31 bits per heavy atom. The molecule has 0 aliphatic heterocycles. The monoisotopic (exact) mass is 218 g/mol. The van der Waals surface area contributed by atoms with Gasteiger partial charge in [-0.15, -0.1) is 0 Å². The van der Waals surface area contributed by atoms with Crippen LogP contribution in [0.2, 0.25) is 5.02 Å². The highest BCUT2D eigenvalue weighted by Gasteiger charge is 2.06. The molecule has 0 aliphatic rings. The lowest BCUT2D eigenvalue weighted by Crippen LogP contribution is -1.99. The van der Waals surface area contributed by atoms with Crippen LogP contribution in [0.4, 0.5) is 4.39 Å². The fourth-order valence-corrected chi connectivity index (χ4v) is 1.12. The lowest BCUT2D eigenvalue weighted by molar-refractivity contribution is 0.292. The summed E-state index contributed by atoms with van der Waals surface area (Å²) in [7, 11) is 0. The first-order valence-electron chi connectivity index (χ1n) is 3.67. The number of hydrogen-bond acceptors (Lipinski definition) is 2. The first kappa shape index (κ1) is 10.4. The third-order valence-corrected chi connectivity index (χ3v) is 1.95. The Bertz CT molecular complexity index is 307. The van der Waals surface area contributed by atoms with Crippen molar-refractivity contribution in [2.75, 3.05) is 0 Å². The Morgan fingerprint density at radius 1 is 1.62 bits per heavy atom. The van der Waals surface area contributed by atoms with Gasteiger partial charge >= 0.3 is 0 Å². The molecule has 0 unspecified atom stereocenters. The molecule has 0 aromatic heterocycles. The molecule has 4 heteroatoms. The lowest BCUT2D eigenvalue weighted by Gasteiger charge is -2.06. The van der Waals surface area contributed by atoms with E-state index in [0.29, 0.717) is 15.6 Å². The highest BCUT2D eigenvalue weighted by molar-refractivity contribution is 7.80. The normalized spacial score (nSPS) is 9.77. The summed E-state index contributed by atoms with van der Waals surface area (Å²) in [5, 5.41) is 0.732. The number of benzene rings is 1. The van der Waals surface area contributed by atoms with E-state index in [1.807, 2.05) is 0 Å². The molecule has 0 atom stereocenters. The molecule has 0 saturated heterocycles. The maximum absolute atomic E-state index is 13.1. The van der Waals surface area contributed by atoms with Crippen molar-refractivity contribution in [2.45, 2.75) is 13.5 Å². The Labute approximate surface area is 86.5 Å². The largest absolute Gasteiger partial charge is 0.483 e. The zero-order valence-electron chi connectivity index (χ0n) is 7.01. The third-order valence-electron chi connectivity index (χ3n) is 1.48. The third kappa shape index (κ3) is 2.94. The molecule has 0 N–H and O–H groups in total. The van der Waals surface area contributed by atoms with Gasteiger partial charge in [0.25, 0.3) is 0 Å². The topological polar surface area (TPSA) is 9.23 Å². The van der Waals surface area contributed by atoms with E-state index >= 15 is 0 Å². The molecule has 13 heavy (non-hydrogen) atoms. The van der Waals surface area contributed by atoms with Crippen molar-refractivity contribution >= 4 is 28.9 Å². The summed E-state index contributed by atoms with van der Waals surface area (Å²) in [4.78, 5) is 0. The zero-order chi connectivity index (χ0) is 9.84. The van der Waals surface area contributed by atoms with Crippen LogP contribution in [0.15, 0.2) is 18.2 Å². The van der Waals surface area contributed by atoms with Gasteiger partial charge in [-0.25, -0.2) is 4.39 Å².